The van der Waals surface area contributed by atoms with Crippen LogP contribution in [0.2, 0.25) is 0 Å². The van der Waals surface area contributed by atoms with Gasteiger partial charge in [0.25, 0.3) is 5.56 Å². The highest BCUT2D eigenvalue weighted by Crippen LogP contribution is 2.25. The maximum atomic E-state index is 11.4. The fourth-order valence-electron chi connectivity index (χ4n) is 2.29. The Bertz CT molecular complexity index is 427. The molecule has 2 rings (SSSR count). The lowest BCUT2D eigenvalue weighted by Crippen LogP contribution is -2.26. The summed E-state index contributed by atoms with van der Waals surface area (Å²) in [6.07, 6.45) is 8.62. The Balaban J connectivity index is 2.09. The van der Waals surface area contributed by atoms with Crippen LogP contribution in [0.5, 0.6) is 0 Å². The van der Waals surface area contributed by atoms with Gasteiger partial charge in [0.1, 0.15) is 0 Å². The molecular formula is C11H16N2O2. The molecular weight excluding hydrogens is 192 g/mol. The summed E-state index contributed by atoms with van der Waals surface area (Å²) >= 11 is 0. The lowest BCUT2D eigenvalue weighted by Gasteiger charge is -2.20. The molecule has 0 amide bonds. The van der Waals surface area contributed by atoms with Crippen LogP contribution in [0.4, 0.5) is 0 Å². The first-order valence-electron chi connectivity index (χ1n) is 5.56. The number of nitrogens with one attached hydrogen (secondary N) is 2. The quantitative estimate of drug-likeness (QED) is 0.766. The maximum Gasteiger partial charge on any atom is 0.325 e. The van der Waals surface area contributed by atoms with Crippen LogP contribution in [0.1, 0.15) is 37.7 Å². The minimum atomic E-state index is -0.424. The van der Waals surface area contributed by atoms with Gasteiger partial charge in [-0.3, -0.25) is 9.78 Å². The third kappa shape index (κ3) is 2.58. The van der Waals surface area contributed by atoms with Crippen LogP contribution in [-0.4, -0.2) is 9.97 Å². The van der Waals surface area contributed by atoms with Gasteiger partial charge < -0.3 is 4.98 Å². The van der Waals surface area contributed by atoms with Gasteiger partial charge in [-0.25, -0.2) is 4.79 Å². The third-order valence-corrected chi connectivity index (χ3v) is 3.13. The van der Waals surface area contributed by atoms with Gasteiger partial charge in [0.15, 0.2) is 0 Å². The zero-order valence-electron chi connectivity index (χ0n) is 8.71. The molecule has 0 radical (unpaired) electrons. The Kier molecular flexibility index (Phi) is 3.04. The first-order valence-corrected chi connectivity index (χ1v) is 5.56. The Morgan fingerprint density at radius 2 is 1.93 bits per heavy atom. The van der Waals surface area contributed by atoms with Crippen molar-refractivity contribution < 1.29 is 0 Å². The van der Waals surface area contributed by atoms with Crippen molar-refractivity contribution in [1.82, 2.24) is 9.97 Å². The van der Waals surface area contributed by atoms with Crippen molar-refractivity contribution in [1.29, 1.82) is 0 Å². The maximum absolute atomic E-state index is 11.4. The lowest BCUT2D eigenvalue weighted by molar-refractivity contribution is 0.355. The summed E-state index contributed by atoms with van der Waals surface area (Å²) in [5.41, 5.74) is 0.0539. The highest BCUT2D eigenvalue weighted by Gasteiger charge is 2.15. The van der Waals surface area contributed by atoms with Crippen molar-refractivity contribution in [2.75, 3.05) is 0 Å². The number of H-pyrrole nitrogens is 2. The number of aromatic nitrogens is 2. The Morgan fingerprint density at radius 3 is 2.60 bits per heavy atom. The average Bonchev–Trinajstić information content (AvgIpc) is 2.24. The average molecular weight is 208 g/mol. The van der Waals surface area contributed by atoms with Crippen LogP contribution in [0.25, 0.3) is 0 Å². The van der Waals surface area contributed by atoms with Crippen LogP contribution in [0, 0.1) is 5.92 Å². The number of hydrogen-bond acceptors (Lipinski definition) is 2. The van der Waals surface area contributed by atoms with Gasteiger partial charge in [0.05, 0.1) is 0 Å². The summed E-state index contributed by atoms with van der Waals surface area (Å²) < 4.78 is 0. The van der Waals surface area contributed by atoms with E-state index >= 15 is 0 Å². The molecule has 0 spiro atoms. The Hall–Kier alpha value is -1.32. The molecule has 0 aromatic carbocycles. The summed E-state index contributed by atoms with van der Waals surface area (Å²) in [5, 5.41) is 0. The van der Waals surface area contributed by atoms with E-state index in [9.17, 15) is 9.59 Å². The highest BCUT2D eigenvalue weighted by molar-refractivity contribution is 5.04. The molecule has 1 fully saturated rings. The van der Waals surface area contributed by atoms with Crippen LogP contribution in [-0.2, 0) is 6.42 Å². The molecule has 4 nitrogen and oxygen atoms in total. The molecule has 2 N–H and O–H groups in total. The van der Waals surface area contributed by atoms with Gasteiger partial charge in [-0.15, -0.1) is 0 Å². The van der Waals surface area contributed by atoms with E-state index < -0.39 is 5.69 Å². The van der Waals surface area contributed by atoms with Crippen molar-refractivity contribution in [2.24, 2.45) is 5.92 Å². The van der Waals surface area contributed by atoms with E-state index in [0.717, 1.165) is 6.42 Å². The zero-order valence-corrected chi connectivity index (χ0v) is 8.71. The molecule has 1 aromatic rings. The van der Waals surface area contributed by atoms with Crippen molar-refractivity contribution >= 4 is 0 Å². The van der Waals surface area contributed by atoms with Crippen LogP contribution in [0.15, 0.2) is 15.8 Å². The predicted octanol–water partition coefficient (Wildman–Crippen LogP) is 1.19. The van der Waals surface area contributed by atoms with Crippen molar-refractivity contribution in [2.45, 2.75) is 38.5 Å². The number of rotatable bonds is 2. The predicted molar refractivity (Wildman–Crippen MR) is 58.0 cm³/mol. The van der Waals surface area contributed by atoms with E-state index in [2.05, 4.69) is 9.97 Å². The minimum Gasteiger partial charge on any atom is -0.314 e. The van der Waals surface area contributed by atoms with E-state index in [1.54, 1.807) is 6.20 Å². The fraction of sp³-hybridized carbons (Fsp3) is 0.636. The molecule has 0 saturated heterocycles. The summed E-state index contributed by atoms with van der Waals surface area (Å²) in [6.45, 7) is 0. The molecule has 1 saturated carbocycles. The second-order valence-corrected chi connectivity index (χ2v) is 4.31. The van der Waals surface area contributed by atoms with Gasteiger partial charge in [-0.1, -0.05) is 32.1 Å². The smallest absolute Gasteiger partial charge is 0.314 e. The van der Waals surface area contributed by atoms with Gasteiger partial charge >= 0.3 is 5.69 Å². The highest BCUT2D eigenvalue weighted by atomic mass is 16.2. The van der Waals surface area contributed by atoms with Crippen molar-refractivity contribution in [3.05, 3.63) is 32.6 Å². The van der Waals surface area contributed by atoms with E-state index in [4.69, 9.17) is 0 Å². The van der Waals surface area contributed by atoms with Crippen LogP contribution < -0.4 is 11.2 Å². The van der Waals surface area contributed by atoms with Gasteiger partial charge in [-0.05, 0) is 12.3 Å². The molecule has 4 heteroatoms. The zero-order chi connectivity index (χ0) is 10.7. The largest absolute Gasteiger partial charge is 0.325 e. The second kappa shape index (κ2) is 4.47. The van der Waals surface area contributed by atoms with Crippen molar-refractivity contribution in [3.8, 4) is 0 Å². The summed E-state index contributed by atoms with van der Waals surface area (Å²) in [4.78, 5) is 27.0. The van der Waals surface area contributed by atoms with E-state index in [1.807, 2.05) is 0 Å². The van der Waals surface area contributed by atoms with E-state index in [1.165, 1.54) is 32.1 Å². The molecule has 1 aliphatic rings. The number of aromatic amines is 2. The SMILES string of the molecule is O=c1[nH]cc(CC2CCCCC2)c(=O)[nH]1. The molecule has 0 bridgehead atoms. The summed E-state index contributed by atoms with van der Waals surface area (Å²) in [5.74, 6) is 0.616. The van der Waals surface area contributed by atoms with Crippen LogP contribution in [0.3, 0.4) is 0 Å². The third-order valence-electron chi connectivity index (χ3n) is 3.13. The first kappa shape index (κ1) is 10.2. The van der Waals surface area contributed by atoms with E-state index in [0.29, 0.717) is 11.5 Å². The topological polar surface area (TPSA) is 65.7 Å². The number of hydrogen-bond donors (Lipinski definition) is 2. The normalized spacial score (nSPS) is 17.9. The molecule has 0 unspecified atom stereocenters. The molecule has 1 aromatic heterocycles. The van der Waals surface area contributed by atoms with Crippen molar-refractivity contribution in [3.63, 3.8) is 0 Å². The molecule has 0 atom stereocenters. The Morgan fingerprint density at radius 1 is 1.20 bits per heavy atom. The molecule has 15 heavy (non-hydrogen) atoms. The van der Waals surface area contributed by atoms with Crippen LogP contribution >= 0.6 is 0 Å². The Labute approximate surface area is 87.7 Å². The molecule has 0 aliphatic heterocycles. The lowest BCUT2D eigenvalue weighted by atomic mass is 9.85. The van der Waals surface area contributed by atoms with Gasteiger partial charge in [-0.2, -0.15) is 0 Å². The van der Waals surface area contributed by atoms with Gasteiger partial charge in [0.2, 0.25) is 0 Å². The fourth-order valence-corrected chi connectivity index (χ4v) is 2.29. The summed E-state index contributed by atoms with van der Waals surface area (Å²) in [6, 6.07) is 0. The molecule has 1 heterocycles. The standard InChI is InChI=1S/C11H16N2O2/c14-10-9(7-12-11(15)13-10)6-8-4-2-1-3-5-8/h7-8H,1-6H2,(H2,12,13,14,15). The second-order valence-electron chi connectivity index (χ2n) is 4.31. The minimum absolute atomic E-state index is 0.232. The monoisotopic (exact) mass is 208 g/mol. The summed E-state index contributed by atoms with van der Waals surface area (Å²) in [7, 11) is 0. The van der Waals surface area contributed by atoms with E-state index in [-0.39, 0.29) is 5.56 Å². The van der Waals surface area contributed by atoms with Gasteiger partial charge in [0, 0.05) is 11.8 Å². The molecule has 82 valence electrons. The first-order chi connectivity index (χ1) is 7.25. The molecule has 1 aliphatic carbocycles.